The van der Waals surface area contributed by atoms with Crippen LogP contribution >= 0.6 is 0 Å². The number of nitrogens with zero attached hydrogens (tertiary/aromatic N) is 3. The number of anilines is 1. The highest BCUT2D eigenvalue weighted by molar-refractivity contribution is 5.80. The summed E-state index contributed by atoms with van der Waals surface area (Å²) in [6.45, 7) is 0.647. The van der Waals surface area contributed by atoms with Gasteiger partial charge in [-0.15, -0.1) is 0 Å². The monoisotopic (exact) mass is 251 g/mol. The van der Waals surface area contributed by atoms with E-state index in [1.165, 1.54) is 25.4 Å². The summed E-state index contributed by atoms with van der Waals surface area (Å²) >= 11 is 0. The minimum absolute atomic E-state index is 0.0319. The molecule has 1 fully saturated rings. The van der Waals surface area contributed by atoms with Gasteiger partial charge in [-0.2, -0.15) is 0 Å². The van der Waals surface area contributed by atoms with Crippen molar-refractivity contribution >= 4 is 17.5 Å². The van der Waals surface area contributed by atoms with Crippen LogP contribution in [0.25, 0.3) is 0 Å². The van der Waals surface area contributed by atoms with Crippen molar-refractivity contribution in [2.45, 2.75) is 18.9 Å². The number of aromatic nitrogens is 1. The molecule has 1 atom stereocenters. The zero-order chi connectivity index (χ0) is 13.1. The molecule has 0 bridgehead atoms. The minimum atomic E-state index is -0.478. The van der Waals surface area contributed by atoms with E-state index in [1.807, 2.05) is 0 Å². The lowest BCUT2D eigenvalue weighted by atomic mass is 10.2. The molecule has 1 aromatic heterocycles. The summed E-state index contributed by atoms with van der Waals surface area (Å²) < 4.78 is 4.72. The molecule has 0 saturated carbocycles. The van der Waals surface area contributed by atoms with Gasteiger partial charge < -0.3 is 9.64 Å². The Morgan fingerprint density at radius 3 is 3.11 bits per heavy atom. The third-order valence-electron chi connectivity index (χ3n) is 2.96. The molecule has 2 heterocycles. The van der Waals surface area contributed by atoms with Crippen molar-refractivity contribution < 1.29 is 14.5 Å². The van der Waals surface area contributed by atoms with Crippen LogP contribution in [0.15, 0.2) is 18.3 Å². The summed E-state index contributed by atoms with van der Waals surface area (Å²) in [5, 5.41) is 10.7. The van der Waals surface area contributed by atoms with Gasteiger partial charge in [-0.05, 0) is 12.8 Å². The zero-order valence-electron chi connectivity index (χ0n) is 9.91. The molecule has 1 unspecified atom stereocenters. The summed E-state index contributed by atoms with van der Waals surface area (Å²) in [5.41, 5.74) is -0.0319. The Hall–Kier alpha value is -2.18. The lowest BCUT2D eigenvalue weighted by Gasteiger charge is -2.23. The Labute approximate surface area is 104 Å². The molecule has 1 saturated heterocycles. The lowest BCUT2D eigenvalue weighted by Crippen LogP contribution is -2.37. The van der Waals surface area contributed by atoms with Crippen molar-refractivity contribution in [1.82, 2.24) is 4.98 Å². The normalized spacial score (nSPS) is 18.7. The van der Waals surface area contributed by atoms with Gasteiger partial charge in [-0.3, -0.25) is 10.1 Å². The number of methoxy groups -OCH3 is 1. The molecular weight excluding hydrogens is 238 g/mol. The highest BCUT2D eigenvalue weighted by Crippen LogP contribution is 2.26. The molecule has 1 aliphatic heterocycles. The molecular formula is C11H13N3O4. The number of pyridine rings is 1. The van der Waals surface area contributed by atoms with Crippen molar-refractivity contribution in [2.24, 2.45) is 0 Å². The Kier molecular flexibility index (Phi) is 3.40. The van der Waals surface area contributed by atoms with Gasteiger partial charge in [0.05, 0.1) is 18.1 Å². The third-order valence-corrected chi connectivity index (χ3v) is 2.96. The maximum Gasteiger partial charge on any atom is 0.328 e. The van der Waals surface area contributed by atoms with E-state index in [1.54, 1.807) is 4.90 Å². The van der Waals surface area contributed by atoms with Crippen LogP contribution in [0.2, 0.25) is 0 Å². The standard InChI is InChI=1S/C11H13N3O4/c1-18-11(15)9-3-2-6-13(9)10-7-8(14(16)17)4-5-12-10/h4-5,7,9H,2-3,6H2,1H3. The summed E-state index contributed by atoms with van der Waals surface area (Å²) in [4.78, 5) is 27.7. The predicted octanol–water partition coefficient (Wildman–Crippen LogP) is 1.13. The molecule has 18 heavy (non-hydrogen) atoms. The molecule has 1 aliphatic rings. The first-order chi connectivity index (χ1) is 8.63. The summed E-state index contributed by atoms with van der Waals surface area (Å²) in [7, 11) is 1.33. The Bertz CT molecular complexity index is 477. The van der Waals surface area contributed by atoms with Crippen LogP contribution in [0, 0.1) is 10.1 Å². The Morgan fingerprint density at radius 2 is 2.44 bits per heavy atom. The number of rotatable bonds is 3. The van der Waals surface area contributed by atoms with Crippen LogP contribution in [0.4, 0.5) is 11.5 Å². The van der Waals surface area contributed by atoms with Crippen molar-refractivity contribution in [3.05, 3.63) is 28.4 Å². The molecule has 0 aliphatic carbocycles. The molecule has 0 N–H and O–H groups in total. The maximum absolute atomic E-state index is 11.6. The van der Waals surface area contributed by atoms with Crippen LogP contribution in [-0.2, 0) is 9.53 Å². The number of hydrogen-bond acceptors (Lipinski definition) is 6. The molecule has 0 aromatic carbocycles. The SMILES string of the molecule is COC(=O)C1CCCN1c1cc([N+](=O)[O-])ccn1. The van der Waals surface area contributed by atoms with Gasteiger partial charge in [0.15, 0.2) is 0 Å². The summed E-state index contributed by atoms with van der Waals surface area (Å²) in [6.07, 6.45) is 2.89. The molecule has 1 aromatic rings. The van der Waals surface area contributed by atoms with E-state index in [0.717, 1.165) is 6.42 Å². The topological polar surface area (TPSA) is 85.6 Å². The van der Waals surface area contributed by atoms with Crippen molar-refractivity contribution in [2.75, 3.05) is 18.6 Å². The molecule has 0 amide bonds. The van der Waals surface area contributed by atoms with Crippen LogP contribution < -0.4 is 4.90 Å². The highest BCUT2D eigenvalue weighted by Gasteiger charge is 2.32. The van der Waals surface area contributed by atoms with Gasteiger partial charge in [0.1, 0.15) is 11.9 Å². The van der Waals surface area contributed by atoms with Crippen LogP contribution in [0.3, 0.4) is 0 Å². The second kappa shape index (κ2) is 4.99. The van der Waals surface area contributed by atoms with Gasteiger partial charge >= 0.3 is 5.97 Å². The molecule has 7 heteroatoms. The van der Waals surface area contributed by atoms with Crippen molar-refractivity contribution in [1.29, 1.82) is 0 Å². The largest absolute Gasteiger partial charge is 0.467 e. The fourth-order valence-corrected chi connectivity index (χ4v) is 2.10. The number of hydrogen-bond donors (Lipinski definition) is 0. The van der Waals surface area contributed by atoms with Crippen molar-refractivity contribution in [3.63, 3.8) is 0 Å². The van der Waals surface area contributed by atoms with Crippen LogP contribution in [-0.4, -0.2) is 35.6 Å². The van der Waals surface area contributed by atoms with Gasteiger partial charge in [0, 0.05) is 18.8 Å². The Balaban J connectivity index is 2.27. The smallest absolute Gasteiger partial charge is 0.328 e. The Morgan fingerprint density at radius 1 is 1.67 bits per heavy atom. The molecule has 0 spiro atoms. The van der Waals surface area contributed by atoms with E-state index in [4.69, 9.17) is 4.74 Å². The average molecular weight is 251 g/mol. The predicted molar refractivity (Wildman–Crippen MR) is 63.3 cm³/mol. The second-order valence-corrected chi connectivity index (χ2v) is 4.00. The first kappa shape index (κ1) is 12.3. The van der Waals surface area contributed by atoms with E-state index in [2.05, 4.69) is 4.98 Å². The molecule has 7 nitrogen and oxygen atoms in total. The molecule has 0 radical (unpaired) electrons. The number of nitro groups is 1. The van der Waals surface area contributed by atoms with E-state index in [-0.39, 0.29) is 11.7 Å². The lowest BCUT2D eigenvalue weighted by molar-refractivity contribution is -0.384. The molecule has 96 valence electrons. The van der Waals surface area contributed by atoms with Gasteiger partial charge in [0.2, 0.25) is 0 Å². The fraction of sp³-hybridized carbons (Fsp3) is 0.455. The highest BCUT2D eigenvalue weighted by atomic mass is 16.6. The van der Waals surface area contributed by atoms with E-state index < -0.39 is 11.0 Å². The minimum Gasteiger partial charge on any atom is -0.467 e. The number of carbonyl (C=O) groups is 1. The third kappa shape index (κ3) is 2.24. The van der Waals surface area contributed by atoms with Crippen LogP contribution in [0.1, 0.15) is 12.8 Å². The number of ether oxygens (including phenoxy) is 1. The van der Waals surface area contributed by atoms with Crippen molar-refractivity contribution in [3.8, 4) is 0 Å². The summed E-state index contributed by atoms with van der Waals surface area (Å²) in [5.74, 6) is 0.109. The van der Waals surface area contributed by atoms with E-state index >= 15 is 0 Å². The summed E-state index contributed by atoms with van der Waals surface area (Å²) in [6, 6.07) is 2.30. The molecule has 2 rings (SSSR count). The average Bonchev–Trinajstić information content (AvgIpc) is 2.87. The zero-order valence-corrected chi connectivity index (χ0v) is 9.91. The number of carbonyl (C=O) groups excluding carboxylic acids is 1. The first-order valence-electron chi connectivity index (χ1n) is 5.58. The van der Waals surface area contributed by atoms with Gasteiger partial charge in [0.25, 0.3) is 5.69 Å². The van der Waals surface area contributed by atoms with E-state index in [9.17, 15) is 14.9 Å². The second-order valence-electron chi connectivity index (χ2n) is 4.00. The number of esters is 1. The fourth-order valence-electron chi connectivity index (χ4n) is 2.10. The van der Waals surface area contributed by atoms with Crippen LogP contribution in [0.5, 0.6) is 0 Å². The maximum atomic E-state index is 11.6. The van der Waals surface area contributed by atoms with Gasteiger partial charge in [-0.1, -0.05) is 0 Å². The quantitative estimate of drug-likeness (QED) is 0.455. The van der Waals surface area contributed by atoms with Gasteiger partial charge in [-0.25, -0.2) is 9.78 Å². The van der Waals surface area contributed by atoms with E-state index in [0.29, 0.717) is 18.8 Å². The first-order valence-corrected chi connectivity index (χ1v) is 5.58.